The molecule has 29 heavy (non-hydrogen) atoms. The molecule has 2 rings (SSSR count). The van der Waals surface area contributed by atoms with Crippen LogP contribution in [-0.2, 0) is 14.8 Å². The van der Waals surface area contributed by atoms with E-state index >= 15 is 0 Å². The minimum absolute atomic E-state index is 0.187. The quantitative estimate of drug-likeness (QED) is 0.588. The summed E-state index contributed by atoms with van der Waals surface area (Å²) in [5, 5.41) is 2.73. The number of amides is 1. The van der Waals surface area contributed by atoms with Crippen molar-refractivity contribution in [3.63, 3.8) is 0 Å². The van der Waals surface area contributed by atoms with E-state index in [2.05, 4.69) is 5.32 Å². The number of ether oxygens (including phenoxy) is 3. The Bertz CT molecular complexity index is 913. The monoisotopic (exact) mass is 422 g/mol. The van der Waals surface area contributed by atoms with Crippen LogP contribution in [0.1, 0.15) is 6.92 Å². The minimum Gasteiger partial charge on any atom is -0.497 e. The predicted octanol–water partition coefficient (Wildman–Crippen LogP) is 1.91. The van der Waals surface area contributed by atoms with E-state index in [-0.39, 0.29) is 24.0 Å². The molecule has 9 heteroatoms. The second-order valence-corrected chi connectivity index (χ2v) is 8.49. The molecule has 0 fully saturated rings. The van der Waals surface area contributed by atoms with Crippen molar-refractivity contribution in [2.45, 2.75) is 17.9 Å². The lowest BCUT2D eigenvalue weighted by atomic mass is 10.3. The van der Waals surface area contributed by atoms with Crippen LogP contribution in [0.2, 0.25) is 0 Å². The lowest BCUT2D eigenvalue weighted by Gasteiger charge is -2.15. The van der Waals surface area contributed by atoms with Crippen LogP contribution in [0, 0.1) is 0 Å². The van der Waals surface area contributed by atoms with Crippen molar-refractivity contribution >= 4 is 15.9 Å². The minimum atomic E-state index is -3.47. The molecule has 1 atom stereocenters. The first-order chi connectivity index (χ1) is 13.7. The highest BCUT2D eigenvalue weighted by Gasteiger charge is 2.17. The van der Waals surface area contributed by atoms with Gasteiger partial charge in [0.15, 0.2) is 6.10 Å². The molecule has 1 N–H and O–H groups in total. The fourth-order valence-corrected chi connectivity index (χ4v) is 3.24. The second-order valence-electron chi connectivity index (χ2n) is 6.34. The summed E-state index contributed by atoms with van der Waals surface area (Å²) in [5.74, 6) is 1.42. The Labute approximate surface area is 171 Å². The van der Waals surface area contributed by atoms with Gasteiger partial charge in [0.25, 0.3) is 5.91 Å². The number of carbonyl (C=O) groups excluding carboxylic acids is 1. The van der Waals surface area contributed by atoms with Crippen molar-refractivity contribution in [2.75, 3.05) is 34.4 Å². The van der Waals surface area contributed by atoms with Crippen molar-refractivity contribution < 1.29 is 27.4 Å². The van der Waals surface area contributed by atoms with Gasteiger partial charge in [-0.3, -0.25) is 4.79 Å². The van der Waals surface area contributed by atoms with E-state index < -0.39 is 16.1 Å². The number of hydrogen-bond donors (Lipinski definition) is 1. The average Bonchev–Trinajstić information content (AvgIpc) is 2.71. The first-order valence-electron chi connectivity index (χ1n) is 8.98. The number of nitrogens with one attached hydrogen (secondary N) is 1. The number of nitrogens with zero attached hydrogens (tertiary/aromatic N) is 1. The van der Waals surface area contributed by atoms with Gasteiger partial charge in [-0.05, 0) is 43.3 Å². The summed E-state index contributed by atoms with van der Waals surface area (Å²) in [4.78, 5) is 12.3. The molecule has 0 bridgehead atoms. The Morgan fingerprint density at radius 3 is 2.34 bits per heavy atom. The van der Waals surface area contributed by atoms with Gasteiger partial charge in [0.2, 0.25) is 10.0 Å². The Hall–Kier alpha value is -2.78. The van der Waals surface area contributed by atoms with Gasteiger partial charge in [-0.15, -0.1) is 0 Å². The molecule has 0 aliphatic carbocycles. The topological polar surface area (TPSA) is 94.2 Å². The third-order valence-corrected chi connectivity index (χ3v) is 5.82. The zero-order valence-corrected chi connectivity index (χ0v) is 17.7. The maximum absolute atomic E-state index is 12.1. The summed E-state index contributed by atoms with van der Waals surface area (Å²) < 4.78 is 41.5. The van der Waals surface area contributed by atoms with Gasteiger partial charge in [0.05, 0.1) is 18.6 Å². The zero-order chi connectivity index (χ0) is 21.4. The summed E-state index contributed by atoms with van der Waals surface area (Å²) in [6.45, 7) is 2.17. The third-order valence-electron chi connectivity index (χ3n) is 4.00. The predicted molar refractivity (Wildman–Crippen MR) is 109 cm³/mol. The van der Waals surface area contributed by atoms with Gasteiger partial charge in [0.1, 0.15) is 23.9 Å². The molecule has 0 aliphatic heterocycles. The molecule has 0 saturated heterocycles. The Morgan fingerprint density at radius 1 is 1.07 bits per heavy atom. The largest absolute Gasteiger partial charge is 0.497 e. The van der Waals surface area contributed by atoms with Crippen LogP contribution in [0.15, 0.2) is 53.4 Å². The molecular weight excluding hydrogens is 396 g/mol. The Balaban J connectivity index is 1.77. The summed E-state index contributed by atoms with van der Waals surface area (Å²) in [6.07, 6.45) is -0.683. The van der Waals surface area contributed by atoms with Crippen LogP contribution < -0.4 is 19.5 Å². The summed E-state index contributed by atoms with van der Waals surface area (Å²) in [5.41, 5.74) is 0. The van der Waals surface area contributed by atoms with Crippen LogP contribution in [0.3, 0.4) is 0 Å². The van der Waals surface area contributed by atoms with Crippen molar-refractivity contribution in [1.82, 2.24) is 9.62 Å². The molecule has 8 nitrogen and oxygen atoms in total. The zero-order valence-electron chi connectivity index (χ0n) is 16.9. The van der Waals surface area contributed by atoms with E-state index in [1.54, 1.807) is 50.4 Å². The number of benzene rings is 2. The van der Waals surface area contributed by atoms with Gasteiger partial charge in [0, 0.05) is 20.2 Å². The number of hydrogen-bond acceptors (Lipinski definition) is 6. The summed E-state index contributed by atoms with van der Waals surface area (Å²) >= 11 is 0. The fourth-order valence-electron chi connectivity index (χ4n) is 2.34. The molecule has 0 aromatic heterocycles. The molecular formula is C20H26N2O6S. The highest BCUT2D eigenvalue weighted by atomic mass is 32.2. The number of carbonyl (C=O) groups is 1. The highest BCUT2D eigenvalue weighted by Crippen LogP contribution is 2.20. The number of sulfonamides is 1. The first-order valence-corrected chi connectivity index (χ1v) is 10.4. The van der Waals surface area contributed by atoms with Gasteiger partial charge >= 0.3 is 0 Å². The summed E-state index contributed by atoms with van der Waals surface area (Å²) in [7, 11) is 1.04. The van der Waals surface area contributed by atoms with E-state index in [1.807, 2.05) is 0 Å². The van der Waals surface area contributed by atoms with Crippen molar-refractivity contribution in [2.24, 2.45) is 0 Å². The summed E-state index contributed by atoms with van der Waals surface area (Å²) in [6, 6.07) is 13.1. The smallest absolute Gasteiger partial charge is 0.260 e. The molecule has 0 spiro atoms. The molecule has 0 aliphatic rings. The molecule has 0 saturated carbocycles. The molecule has 0 heterocycles. The molecule has 2 aromatic rings. The van der Waals surface area contributed by atoms with Crippen molar-refractivity contribution in [3.05, 3.63) is 48.5 Å². The van der Waals surface area contributed by atoms with E-state index in [9.17, 15) is 13.2 Å². The number of methoxy groups -OCH3 is 1. The first kappa shape index (κ1) is 22.5. The number of rotatable bonds is 10. The van der Waals surface area contributed by atoms with Crippen LogP contribution in [0.25, 0.3) is 0 Å². The van der Waals surface area contributed by atoms with Gasteiger partial charge < -0.3 is 19.5 Å². The molecule has 2 aromatic carbocycles. The second kappa shape index (κ2) is 10.1. The molecule has 1 unspecified atom stereocenters. The van der Waals surface area contributed by atoms with Gasteiger partial charge in [-0.2, -0.15) is 0 Å². The van der Waals surface area contributed by atoms with Crippen LogP contribution >= 0.6 is 0 Å². The fraction of sp³-hybridized carbons (Fsp3) is 0.350. The maximum atomic E-state index is 12.1. The lowest BCUT2D eigenvalue weighted by molar-refractivity contribution is -0.127. The van der Waals surface area contributed by atoms with E-state index in [4.69, 9.17) is 14.2 Å². The standard InChI is InChI=1S/C20H26N2O6S/c1-15(28-18-7-5-6-17(14-18)26-4)20(23)21-12-13-27-16-8-10-19(11-9-16)29(24,25)22(2)3/h5-11,14-15H,12-13H2,1-4H3,(H,21,23). The van der Waals surface area contributed by atoms with Crippen LogP contribution in [0.5, 0.6) is 17.2 Å². The Morgan fingerprint density at radius 2 is 1.72 bits per heavy atom. The van der Waals surface area contributed by atoms with Crippen LogP contribution in [-0.4, -0.2) is 59.1 Å². The normalized spacial score (nSPS) is 12.3. The van der Waals surface area contributed by atoms with Crippen molar-refractivity contribution in [1.29, 1.82) is 0 Å². The van der Waals surface area contributed by atoms with E-state index in [1.165, 1.54) is 26.2 Å². The van der Waals surface area contributed by atoms with Crippen LogP contribution in [0.4, 0.5) is 0 Å². The third kappa shape index (κ3) is 6.37. The van der Waals surface area contributed by atoms with Gasteiger partial charge in [-0.25, -0.2) is 12.7 Å². The lowest BCUT2D eigenvalue weighted by Crippen LogP contribution is -2.38. The highest BCUT2D eigenvalue weighted by molar-refractivity contribution is 7.89. The maximum Gasteiger partial charge on any atom is 0.260 e. The average molecular weight is 423 g/mol. The van der Waals surface area contributed by atoms with Gasteiger partial charge in [-0.1, -0.05) is 6.07 Å². The molecule has 158 valence electrons. The van der Waals surface area contributed by atoms with Crippen molar-refractivity contribution in [3.8, 4) is 17.2 Å². The van der Waals surface area contributed by atoms with E-state index in [0.29, 0.717) is 17.2 Å². The molecule has 1 amide bonds. The van der Waals surface area contributed by atoms with E-state index in [0.717, 1.165) is 4.31 Å². The Kier molecular flexibility index (Phi) is 7.86. The molecule has 0 radical (unpaired) electrons. The SMILES string of the molecule is COc1cccc(OC(C)C(=O)NCCOc2ccc(S(=O)(=O)N(C)C)cc2)c1.